The van der Waals surface area contributed by atoms with Crippen LogP contribution in [0.5, 0.6) is 5.75 Å². The van der Waals surface area contributed by atoms with E-state index >= 15 is 0 Å². The topological polar surface area (TPSA) is 66.8 Å². The first-order valence-corrected chi connectivity index (χ1v) is 11.0. The van der Waals surface area contributed by atoms with Gasteiger partial charge in [-0.25, -0.2) is 0 Å². The maximum atomic E-state index is 13.2. The summed E-state index contributed by atoms with van der Waals surface area (Å²) >= 11 is 3.37. The quantitative estimate of drug-likeness (QED) is 0.284. The molecule has 32 heavy (non-hydrogen) atoms. The molecule has 1 heterocycles. The number of rotatable bonds is 5. The summed E-state index contributed by atoms with van der Waals surface area (Å²) in [4.78, 5) is 27.8. The molecule has 1 fully saturated rings. The number of hydrogen-bond acceptors (Lipinski definition) is 4. The number of amides is 1. The third kappa shape index (κ3) is 3.94. The number of carbonyl (C=O) groups is 2. The van der Waals surface area contributed by atoms with Gasteiger partial charge in [-0.2, -0.15) is 0 Å². The fourth-order valence-corrected chi connectivity index (χ4v) is 4.15. The number of aryl methyl sites for hydroxylation is 1. The number of ether oxygens (including phenoxy) is 1. The highest BCUT2D eigenvalue weighted by Crippen LogP contribution is 2.42. The van der Waals surface area contributed by atoms with Crippen molar-refractivity contribution in [1.29, 1.82) is 0 Å². The van der Waals surface area contributed by atoms with E-state index in [-0.39, 0.29) is 11.3 Å². The van der Waals surface area contributed by atoms with Crippen LogP contribution < -0.4 is 9.64 Å². The Morgan fingerprint density at radius 2 is 1.72 bits per heavy atom. The van der Waals surface area contributed by atoms with Gasteiger partial charge >= 0.3 is 0 Å². The van der Waals surface area contributed by atoms with Crippen LogP contribution in [0.15, 0.2) is 82.8 Å². The van der Waals surface area contributed by atoms with Crippen molar-refractivity contribution in [2.75, 3.05) is 12.0 Å². The molecule has 1 unspecified atom stereocenters. The standard InChI is InChI=1S/C26H22BrNO4/c1-3-16-7-13-20(14-8-16)28-23(18-5-4-6-21(15-18)32-2)22(25(30)26(28)31)24(29)17-9-11-19(27)12-10-17/h4-15,23,29H,3H2,1-2H3/b24-22-. The molecule has 1 atom stereocenters. The van der Waals surface area contributed by atoms with E-state index in [1.165, 1.54) is 4.90 Å². The second kappa shape index (κ2) is 9.01. The van der Waals surface area contributed by atoms with Crippen molar-refractivity contribution in [3.8, 4) is 5.75 Å². The predicted octanol–water partition coefficient (Wildman–Crippen LogP) is 5.65. The van der Waals surface area contributed by atoms with E-state index in [0.29, 0.717) is 22.6 Å². The fourth-order valence-electron chi connectivity index (χ4n) is 3.88. The van der Waals surface area contributed by atoms with E-state index in [4.69, 9.17) is 4.74 Å². The summed E-state index contributed by atoms with van der Waals surface area (Å²) in [7, 11) is 1.56. The van der Waals surface area contributed by atoms with Crippen molar-refractivity contribution < 1.29 is 19.4 Å². The first kappa shape index (κ1) is 21.8. The highest BCUT2D eigenvalue weighted by atomic mass is 79.9. The second-order valence-corrected chi connectivity index (χ2v) is 8.39. The molecule has 6 heteroatoms. The van der Waals surface area contributed by atoms with E-state index in [1.807, 2.05) is 30.3 Å². The molecule has 1 saturated heterocycles. The molecule has 0 aliphatic carbocycles. The van der Waals surface area contributed by atoms with E-state index in [1.54, 1.807) is 49.6 Å². The van der Waals surface area contributed by atoms with Gasteiger partial charge in [-0.05, 0) is 53.9 Å². The average molecular weight is 492 g/mol. The zero-order valence-electron chi connectivity index (χ0n) is 17.7. The molecule has 0 radical (unpaired) electrons. The maximum absolute atomic E-state index is 13.2. The minimum Gasteiger partial charge on any atom is -0.507 e. The average Bonchev–Trinajstić information content (AvgIpc) is 3.09. The maximum Gasteiger partial charge on any atom is 0.300 e. The predicted molar refractivity (Wildman–Crippen MR) is 128 cm³/mol. The lowest BCUT2D eigenvalue weighted by Crippen LogP contribution is -2.29. The molecular formula is C26H22BrNO4. The van der Waals surface area contributed by atoms with E-state index in [2.05, 4.69) is 22.9 Å². The van der Waals surface area contributed by atoms with Gasteiger partial charge in [-0.3, -0.25) is 14.5 Å². The van der Waals surface area contributed by atoms with Crippen LogP contribution in [-0.2, 0) is 16.0 Å². The molecule has 1 aliphatic rings. The molecule has 0 saturated carbocycles. The Bertz CT molecular complexity index is 1200. The molecule has 1 aliphatic heterocycles. The minimum absolute atomic E-state index is 0.0464. The Labute approximate surface area is 195 Å². The lowest BCUT2D eigenvalue weighted by Gasteiger charge is -2.26. The van der Waals surface area contributed by atoms with E-state index in [9.17, 15) is 14.7 Å². The second-order valence-electron chi connectivity index (χ2n) is 7.47. The van der Waals surface area contributed by atoms with Crippen LogP contribution in [-0.4, -0.2) is 23.9 Å². The lowest BCUT2D eigenvalue weighted by atomic mass is 9.95. The number of aliphatic hydroxyl groups is 1. The van der Waals surface area contributed by atoms with Gasteiger partial charge in [0.25, 0.3) is 11.7 Å². The Kier molecular flexibility index (Phi) is 6.15. The van der Waals surface area contributed by atoms with Crippen LogP contribution in [0, 0.1) is 0 Å². The Hall–Kier alpha value is -3.38. The summed E-state index contributed by atoms with van der Waals surface area (Å²) in [5, 5.41) is 11.1. The van der Waals surface area contributed by atoms with E-state index in [0.717, 1.165) is 16.5 Å². The molecule has 4 rings (SSSR count). The molecule has 0 aromatic heterocycles. The van der Waals surface area contributed by atoms with Crippen LogP contribution in [0.4, 0.5) is 5.69 Å². The Morgan fingerprint density at radius 1 is 1.03 bits per heavy atom. The summed E-state index contributed by atoms with van der Waals surface area (Å²) in [5.74, 6) is -1.02. The number of halogens is 1. The number of benzene rings is 3. The highest BCUT2D eigenvalue weighted by molar-refractivity contribution is 9.10. The normalized spacial score (nSPS) is 17.6. The van der Waals surface area contributed by atoms with Crippen LogP contribution in [0.3, 0.4) is 0 Å². The number of nitrogens with zero attached hydrogens (tertiary/aromatic N) is 1. The summed E-state index contributed by atoms with van der Waals surface area (Å²) < 4.78 is 6.20. The third-order valence-electron chi connectivity index (χ3n) is 5.59. The van der Waals surface area contributed by atoms with Crippen molar-refractivity contribution in [3.05, 3.63) is 99.5 Å². The number of hydrogen-bond donors (Lipinski definition) is 1. The van der Waals surface area contributed by atoms with Crippen LogP contribution in [0.2, 0.25) is 0 Å². The number of ketones is 1. The van der Waals surface area contributed by atoms with Gasteiger partial charge in [0.15, 0.2) is 0 Å². The largest absolute Gasteiger partial charge is 0.507 e. The molecule has 3 aromatic carbocycles. The lowest BCUT2D eigenvalue weighted by molar-refractivity contribution is -0.132. The van der Waals surface area contributed by atoms with Crippen LogP contribution >= 0.6 is 15.9 Å². The molecule has 5 nitrogen and oxygen atoms in total. The minimum atomic E-state index is -0.791. The van der Waals surface area contributed by atoms with Gasteiger partial charge in [0.05, 0.1) is 18.7 Å². The van der Waals surface area contributed by atoms with Crippen LogP contribution in [0.1, 0.15) is 29.7 Å². The van der Waals surface area contributed by atoms with Gasteiger partial charge in [0.2, 0.25) is 0 Å². The Balaban J connectivity index is 1.93. The molecule has 1 N–H and O–H groups in total. The first-order chi connectivity index (χ1) is 15.4. The highest BCUT2D eigenvalue weighted by Gasteiger charge is 2.47. The SMILES string of the molecule is CCc1ccc(N2C(=O)C(=O)/C(=C(\O)c3ccc(Br)cc3)C2c2cccc(OC)c2)cc1. The van der Waals surface area contributed by atoms with Crippen molar-refractivity contribution in [2.45, 2.75) is 19.4 Å². The number of methoxy groups -OCH3 is 1. The van der Waals surface area contributed by atoms with Crippen molar-refractivity contribution in [1.82, 2.24) is 0 Å². The van der Waals surface area contributed by atoms with Gasteiger partial charge in [0, 0.05) is 15.7 Å². The van der Waals surface area contributed by atoms with Crippen molar-refractivity contribution in [2.24, 2.45) is 0 Å². The fraction of sp³-hybridized carbons (Fsp3) is 0.154. The van der Waals surface area contributed by atoms with E-state index < -0.39 is 17.7 Å². The van der Waals surface area contributed by atoms with Crippen molar-refractivity contribution >= 4 is 39.1 Å². The molecule has 162 valence electrons. The Morgan fingerprint density at radius 3 is 2.34 bits per heavy atom. The number of Topliss-reactive ketones (excluding diaryl/α,β-unsaturated/α-hetero) is 1. The van der Waals surface area contributed by atoms with Gasteiger partial charge in [-0.15, -0.1) is 0 Å². The molecule has 1 amide bonds. The van der Waals surface area contributed by atoms with Gasteiger partial charge in [0.1, 0.15) is 11.5 Å². The number of carbonyl (C=O) groups excluding carboxylic acids is 2. The van der Waals surface area contributed by atoms with Crippen LogP contribution in [0.25, 0.3) is 5.76 Å². The zero-order valence-corrected chi connectivity index (χ0v) is 19.3. The van der Waals surface area contributed by atoms with Gasteiger partial charge in [-0.1, -0.05) is 59.3 Å². The smallest absolute Gasteiger partial charge is 0.300 e. The first-order valence-electron chi connectivity index (χ1n) is 10.2. The molecule has 0 bridgehead atoms. The summed E-state index contributed by atoms with van der Waals surface area (Å²) in [6.45, 7) is 2.05. The zero-order chi connectivity index (χ0) is 22.8. The number of aliphatic hydroxyl groups excluding tert-OH is 1. The molecular weight excluding hydrogens is 470 g/mol. The summed E-state index contributed by atoms with van der Waals surface area (Å²) in [6, 6.07) is 20.9. The van der Waals surface area contributed by atoms with Crippen molar-refractivity contribution in [3.63, 3.8) is 0 Å². The monoisotopic (exact) mass is 491 g/mol. The third-order valence-corrected chi connectivity index (χ3v) is 6.12. The number of anilines is 1. The van der Waals surface area contributed by atoms with Gasteiger partial charge < -0.3 is 9.84 Å². The molecule has 0 spiro atoms. The summed E-state index contributed by atoms with van der Waals surface area (Å²) in [6.07, 6.45) is 0.863. The summed E-state index contributed by atoms with van der Waals surface area (Å²) in [5.41, 5.74) is 2.89. The molecule has 3 aromatic rings.